The zero-order valence-corrected chi connectivity index (χ0v) is 14.3. The summed E-state index contributed by atoms with van der Waals surface area (Å²) in [5, 5.41) is 4.19. The number of fused-ring (bicyclic) bond motifs is 1. The molecule has 0 aromatic carbocycles. The number of hydrogen-bond donors (Lipinski definition) is 0. The van der Waals surface area contributed by atoms with Crippen molar-refractivity contribution in [3.63, 3.8) is 0 Å². The van der Waals surface area contributed by atoms with Crippen LogP contribution in [0.3, 0.4) is 0 Å². The van der Waals surface area contributed by atoms with E-state index in [4.69, 9.17) is 9.72 Å². The molecule has 1 aliphatic carbocycles. The Morgan fingerprint density at radius 3 is 3.08 bits per heavy atom. The molecule has 1 aliphatic heterocycles. The molecule has 2 aromatic rings. The Hall–Kier alpha value is -1.79. The minimum atomic E-state index is 0.180. The molecule has 1 fully saturated rings. The standard InChI is InChI=1S/C18H25N5O/c1-14-8-15(17-4-2-3-5-18(17)21-14)9-22-6-7-24-16(10-22)11-23-13-19-12-20-23/h8,12-13,16H,2-7,9-11H2,1H3. The molecule has 6 nitrogen and oxygen atoms in total. The highest BCUT2D eigenvalue weighted by Gasteiger charge is 2.23. The van der Waals surface area contributed by atoms with Crippen molar-refractivity contribution in [2.45, 2.75) is 51.8 Å². The van der Waals surface area contributed by atoms with E-state index in [1.807, 2.05) is 4.68 Å². The highest BCUT2D eigenvalue weighted by Crippen LogP contribution is 2.25. The van der Waals surface area contributed by atoms with Crippen LogP contribution in [0.2, 0.25) is 0 Å². The maximum Gasteiger partial charge on any atom is 0.137 e. The summed E-state index contributed by atoms with van der Waals surface area (Å²) < 4.78 is 7.77. The van der Waals surface area contributed by atoms with Gasteiger partial charge in [-0.3, -0.25) is 14.6 Å². The van der Waals surface area contributed by atoms with Gasteiger partial charge in [0.1, 0.15) is 12.7 Å². The van der Waals surface area contributed by atoms with E-state index in [-0.39, 0.29) is 6.10 Å². The monoisotopic (exact) mass is 327 g/mol. The lowest BCUT2D eigenvalue weighted by atomic mass is 9.91. The van der Waals surface area contributed by atoms with E-state index in [9.17, 15) is 0 Å². The van der Waals surface area contributed by atoms with Crippen molar-refractivity contribution in [2.75, 3.05) is 19.7 Å². The first-order valence-corrected chi connectivity index (χ1v) is 8.92. The van der Waals surface area contributed by atoms with Gasteiger partial charge in [0.15, 0.2) is 0 Å². The molecule has 0 radical (unpaired) electrons. The topological polar surface area (TPSA) is 56.1 Å². The number of aromatic nitrogens is 4. The molecule has 6 heteroatoms. The predicted molar refractivity (Wildman–Crippen MR) is 90.7 cm³/mol. The summed E-state index contributed by atoms with van der Waals surface area (Å²) in [6, 6.07) is 2.28. The first-order chi connectivity index (χ1) is 11.8. The van der Waals surface area contributed by atoms with Gasteiger partial charge >= 0.3 is 0 Å². The van der Waals surface area contributed by atoms with Crippen LogP contribution in [0.5, 0.6) is 0 Å². The van der Waals surface area contributed by atoms with Gasteiger partial charge in [0.05, 0.1) is 19.3 Å². The molecule has 0 N–H and O–H groups in total. The first-order valence-electron chi connectivity index (χ1n) is 8.92. The van der Waals surface area contributed by atoms with Crippen molar-refractivity contribution in [1.29, 1.82) is 0 Å². The molecule has 0 saturated carbocycles. The lowest BCUT2D eigenvalue weighted by molar-refractivity contribution is -0.0403. The van der Waals surface area contributed by atoms with Crippen molar-refractivity contribution in [1.82, 2.24) is 24.6 Å². The van der Waals surface area contributed by atoms with Crippen molar-refractivity contribution >= 4 is 0 Å². The van der Waals surface area contributed by atoms with Gasteiger partial charge in [-0.15, -0.1) is 0 Å². The van der Waals surface area contributed by atoms with Gasteiger partial charge in [0.2, 0.25) is 0 Å². The molecule has 3 heterocycles. The second-order valence-corrected chi connectivity index (χ2v) is 6.90. The number of rotatable bonds is 4. The van der Waals surface area contributed by atoms with Gasteiger partial charge in [0, 0.05) is 31.0 Å². The molecule has 4 rings (SSSR count). The molecular formula is C18H25N5O. The quantitative estimate of drug-likeness (QED) is 0.856. The number of morpholine rings is 1. The highest BCUT2D eigenvalue weighted by molar-refractivity contribution is 5.34. The fraction of sp³-hybridized carbons (Fsp3) is 0.611. The van der Waals surface area contributed by atoms with Crippen LogP contribution in [0, 0.1) is 6.92 Å². The summed E-state index contributed by atoms with van der Waals surface area (Å²) in [6.45, 7) is 6.60. The minimum Gasteiger partial charge on any atom is -0.374 e. The number of aryl methyl sites for hydroxylation is 2. The number of nitrogens with zero attached hydrogens (tertiary/aromatic N) is 5. The smallest absolute Gasteiger partial charge is 0.137 e. The average molecular weight is 327 g/mol. The maximum atomic E-state index is 5.91. The lowest BCUT2D eigenvalue weighted by Gasteiger charge is -2.33. The fourth-order valence-corrected chi connectivity index (χ4v) is 3.90. The zero-order chi connectivity index (χ0) is 16.4. The molecular weight excluding hydrogens is 302 g/mol. The zero-order valence-electron chi connectivity index (χ0n) is 14.3. The van der Waals surface area contributed by atoms with Crippen LogP contribution in [0.4, 0.5) is 0 Å². The Morgan fingerprint density at radius 2 is 2.21 bits per heavy atom. The summed E-state index contributed by atoms with van der Waals surface area (Å²) in [5.74, 6) is 0. The Balaban J connectivity index is 1.46. The molecule has 0 spiro atoms. The largest absolute Gasteiger partial charge is 0.374 e. The minimum absolute atomic E-state index is 0.180. The average Bonchev–Trinajstić information content (AvgIpc) is 3.08. The molecule has 0 amide bonds. The Kier molecular flexibility index (Phi) is 4.58. The molecule has 2 aromatic heterocycles. The molecule has 1 unspecified atom stereocenters. The lowest BCUT2D eigenvalue weighted by Crippen LogP contribution is -2.44. The molecule has 1 saturated heterocycles. The number of hydrogen-bond acceptors (Lipinski definition) is 5. The van der Waals surface area contributed by atoms with E-state index in [2.05, 4.69) is 28.0 Å². The van der Waals surface area contributed by atoms with E-state index in [0.717, 1.165) is 44.9 Å². The summed E-state index contributed by atoms with van der Waals surface area (Å²) in [6.07, 6.45) is 8.41. The van der Waals surface area contributed by atoms with Crippen LogP contribution in [0.15, 0.2) is 18.7 Å². The van der Waals surface area contributed by atoms with Gasteiger partial charge in [-0.1, -0.05) is 0 Å². The van der Waals surface area contributed by atoms with Crippen LogP contribution >= 0.6 is 0 Å². The summed E-state index contributed by atoms with van der Waals surface area (Å²) in [5.41, 5.74) is 5.46. The predicted octanol–water partition coefficient (Wildman–Crippen LogP) is 1.76. The second-order valence-electron chi connectivity index (χ2n) is 6.90. The second kappa shape index (κ2) is 6.99. The Bertz CT molecular complexity index is 685. The van der Waals surface area contributed by atoms with Crippen molar-refractivity contribution < 1.29 is 4.74 Å². The Labute approximate surface area is 142 Å². The third kappa shape index (κ3) is 3.49. The van der Waals surface area contributed by atoms with E-state index in [1.54, 1.807) is 12.7 Å². The summed E-state index contributed by atoms with van der Waals surface area (Å²) in [7, 11) is 0. The SMILES string of the molecule is Cc1cc(CN2CCOC(Cn3cncn3)C2)c2c(n1)CCCC2. The van der Waals surface area contributed by atoms with Gasteiger partial charge in [-0.25, -0.2) is 4.98 Å². The van der Waals surface area contributed by atoms with Crippen LogP contribution < -0.4 is 0 Å². The third-order valence-electron chi connectivity index (χ3n) is 4.99. The van der Waals surface area contributed by atoms with E-state index < -0.39 is 0 Å². The molecule has 2 aliphatic rings. The van der Waals surface area contributed by atoms with Crippen LogP contribution in [-0.2, 0) is 30.7 Å². The van der Waals surface area contributed by atoms with Crippen molar-refractivity contribution in [3.05, 3.63) is 41.2 Å². The van der Waals surface area contributed by atoms with Crippen LogP contribution in [0.25, 0.3) is 0 Å². The van der Waals surface area contributed by atoms with Crippen molar-refractivity contribution in [3.8, 4) is 0 Å². The summed E-state index contributed by atoms with van der Waals surface area (Å²) in [4.78, 5) is 11.3. The van der Waals surface area contributed by atoms with Gasteiger partial charge in [-0.2, -0.15) is 5.10 Å². The van der Waals surface area contributed by atoms with E-state index in [0.29, 0.717) is 0 Å². The van der Waals surface area contributed by atoms with E-state index >= 15 is 0 Å². The Morgan fingerprint density at radius 1 is 1.29 bits per heavy atom. The molecule has 1 atom stereocenters. The third-order valence-corrected chi connectivity index (χ3v) is 4.99. The van der Waals surface area contributed by atoms with Crippen LogP contribution in [0.1, 0.15) is 35.4 Å². The maximum absolute atomic E-state index is 5.91. The van der Waals surface area contributed by atoms with E-state index in [1.165, 1.54) is 36.1 Å². The fourth-order valence-electron chi connectivity index (χ4n) is 3.90. The first kappa shape index (κ1) is 15.7. The van der Waals surface area contributed by atoms with Gasteiger partial charge in [-0.05, 0) is 49.8 Å². The molecule has 128 valence electrons. The molecule has 24 heavy (non-hydrogen) atoms. The summed E-state index contributed by atoms with van der Waals surface area (Å²) >= 11 is 0. The molecule has 0 bridgehead atoms. The van der Waals surface area contributed by atoms with Gasteiger partial charge in [0.25, 0.3) is 0 Å². The highest BCUT2D eigenvalue weighted by atomic mass is 16.5. The van der Waals surface area contributed by atoms with Gasteiger partial charge < -0.3 is 4.74 Å². The number of pyridine rings is 1. The normalized spacial score (nSPS) is 21.6. The van der Waals surface area contributed by atoms with Crippen LogP contribution in [-0.4, -0.2) is 50.4 Å². The number of ether oxygens (including phenoxy) is 1. The van der Waals surface area contributed by atoms with Crippen molar-refractivity contribution in [2.24, 2.45) is 0 Å².